The number of sulfonamides is 1. The first kappa shape index (κ1) is 24.1. The first-order valence-corrected chi connectivity index (χ1v) is 11.9. The summed E-state index contributed by atoms with van der Waals surface area (Å²) in [4.78, 5) is 2.63. The minimum atomic E-state index is -3.60. The lowest BCUT2D eigenvalue weighted by atomic mass is 9.92. The predicted molar refractivity (Wildman–Crippen MR) is 114 cm³/mol. The summed E-state index contributed by atoms with van der Waals surface area (Å²) >= 11 is 0. The number of benzene rings is 1. The van der Waals surface area contributed by atoms with E-state index < -0.39 is 10.0 Å². The Balaban J connectivity index is 2.08. The van der Waals surface area contributed by atoms with Gasteiger partial charge in [-0.1, -0.05) is 26.7 Å². The number of methoxy groups -OCH3 is 1. The molecule has 1 aliphatic rings. The fourth-order valence-electron chi connectivity index (χ4n) is 3.80. The van der Waals surface area contributed by atoms with Crippen molar-refractivity contribution in [1.82, 2.24) is 9.62 Å². The lowest BCUT2D eigenvalue weighted by Gasteiger charge is -2.38. The molecular formula is C21H36N2O5S. The molecule has 0 aromatic heterocycles. The highest BCUT2D eigenvalue weighted by atomic mass is 32.2. The van der Waals surface area contributed by atoms with Crippen LogP contribution >= 0.6 is 0 Å². The second kappa shape index (κ2) is 11.9. The van der Waals surface area contributed by atoms with Crippen molar-refractivity contribution in [2.24, 2.45) is 5.92 Å². The van der Waals surface area contributed by atoms with Gasteiger partial charge < -0.3 is 14.2 Å². The summed E-state index contributed by atoms with van der Waals surface area (Å²) in [6.07, 6.45) is 2.04. The number of aryl methyl sites for hydroxylation is 1. The molecule has 166 valence electrons. The molecule has 0 aliphatic carbocycles. The van der Waals surface area contributed by atoms with Crippen LogP contribution in [0.2, 0.25) is 0 Å². The minimum Gasteiger partial charge on any atom is -0.491 e. The third-order valence-corrected chi connectivity index (χ3v) is 7.01. The maximum atomic E-state index is 12.9. The largest absolute Gasteiger partial charge is 0.491 e. The Bertz CT molecular complexity index is 716. The predicted octanol–water partition coefficient (Wildman–Crippen LogP) is 2.44. The van der Waals surface area contributed by atoms with E-state index in [1.165, 1.54) is 0 Å². The molecule has 0 radical (unpaired) electrons. The summed E-state index contributed by atoms with van der Waals surface area (Å²) in [5.41, 5.74) is 0.786. The zero-order chi connectivity index (χ0) is 21.3. The molecule has 1 heterocycles. The van der Waals surface area contributed by atoms with E-state index in [4.69, 9.17) is 14.2 Å². The van der Waals surface area contributed by atoms with Crippen molar-refractivity contribution < 1.29 is 22.6 Å². The smallest absolute Gasteiger partial charge is 0.240 e. The Morgan fingerprint density at radius 2 is 1.86 bits per heavy atom. The van der Waals surface area contributed by atoms with Gasteiger partial charge in [-0.3, -0.25) is 4.90 Å². The zero-order valence-corrected chi connectivity index (χ0v) is 19.0. The number of hydrogen-bond donors (Lipinski definition) is 1. The molecule has 8 heteroatoms. The van der Waals surface area contributed by atoms with Crippen LogP contribution in [-0.2, 0) is 19.5 Å². The van der Waals surface area contributed by atoms with Crippen molar-refractivity contribution in [3.8, 4) is 5.75 Å². The normalized spacial score (nSPS) is 16.9. The molecule has 0 spiro atoms. The van der Waals surface area contributed by atoms with E-state index in [2.05, 4.69) is 23.5 Å². The van der Waals surface area contributed by atoms with E-state index in [9.17, 15) is 8.42 Å². The molecule has 7 nitrogen and oxygen atoms in total. The highest BCUT2D eigenvalue weighted by Gasteiger charge is 2.28. The van der Waals surface area contributed by atoms with Crippen molar-refractivity contribution in [1.29, 1.82) is 0 Å². The summed E-state index contributed by atoms with van der Waals surface area (Å²) in [6.45, 7) is 10.6. The van der Waals surface area contributed by atoms with Crippen LogP contribution in [0.1, 0.15) is 32.3 Å². The molecule has 0 saturated carbocycles. The van der Waals surface area contributed by atoms with Crippen LogP contribution in [0.15, 0.2) is 23.1 Å². The molecule has 1 unspecified atom stereocenters. The lowest BCUT2D eigenvalue weighted by molar-refractivity contribution is 0.00297. The quantitative estimate of drug-likeness (QED) is 0.515. The zero-order valence-electron chi connectivity index (χ0n) is 18.1. The Hall–Kier alpha value is -1.19. The van der Waals surface area contributed by atoms with Gasteiger partial charge in [-0.05, 0) is 36.6 Å². The highest BCUT2D eigenvalue weighted by Crippen LogP contribution is 2.23. The number of ether oxygens (including phenoxy) is 3. The maximum absolute atomic E-state index is 12.9. The number of morpholine rings is 1. The van der Waals surface area contributed by atoms with Gasteiger partial charge in [0.1, 0.15) is 12.4 Å². The van der Waals surface area contributed by atoms with E-state index in [-0.39, 0.29) is 10.9 Å². The second-order valence-electron chi connectivity index (χ2n) is 7.41. The van der Waals surface area contributed by atoms with Crippen LogP contribution < -0.4 is 9.46 Å². The first-order chi connectivity index (χ1) is 13.9. The number of nitrogens with one attached hydrogen (secondary N) is 1. The van der Waals surface area contributed by atoms with Gasteiger partial charge >= 0.3 is 0 Å². The third kappa shape index (κ3) is 6.93. The van der Waals surface area contributed by atoms with Crippen molar-refractivity contribution in [3.05, 3.63) is 23.8 Å². The summed E-state index contributed by atoms with van der Waals surface area (Å²) in [6, 6.07) is 5.13. The van der Waals surface area contributed by atoms with Crippen molar-refractivity contribution in [2.75, 3.05) is 53.2 Å². The summed E-state index contributed by atoms with van der Waals surface area (Å²) in [5.74, 6) is 1.11. The molecule has 1 saturated heterocycles. The third-order valence-electron chi connectivity index (χ3n) is 5.59. The minimum absolute atomic E-state index is 0.168. The summed E-state index contributed by atoms with van der Waals surface area (Å²) < 4.78 is 44.8. The molecule has 1 fully saturated rings. The van der Waals surface area contributed by atoms with Crippen LogP contribution in [0.25, 0.3) is 0 Å². The SMILES string of the molecule is CCC(CC)C(CNS(=O)(=O)c1ccc(OCCOC)c(C)c1)N1CCOCC1. The first-order valence-electron chi connectivity index (χ1n) is 10.5. The number of rotatable bonds is 12. The van der Waals surface area contributed by atoms with Gasteiger partial charge in [0.15, 0.2) is 0 Å². The fourth-order valence-corrected chi connectivity index (χ4v) is 4.94. The van der Waals surface area contributed by atoms with E-state index in [0.717, 1.165) is 31.5 Å². The van der Waals surface area contributed by atoms with E-state index >= 15 is 0 Å². The number of nitrogens with zero attached hydrogens (tertiary/aromatic N) is 1. The standard InChI is InChI=1S/C21H36N2O5S/c1-5-18(6-2)20(23-9-11-27-12-10-23)16-22-29(24,25)19-7-8-21(17(3)15-19)28-14-13-26-4/h7-8,15,18,20,22H,5-6,9-14,16H2,1-4H3. The fraction of sp³-hybridized carbons (Fsp3) is 0.714. The molecule has 1 aromatic carbocycles. The monoisotopic (exact) mass is 428 g/mol. The second-order valence-corrected chi connectivity index (χ2v) is 9.18. The highest BCUT2D eigenvalue weighted by molar-refractivity contribution is 7.89. The maximum Gasteiger partial charge on any atom is 0.240 e. The van der Waals surface area contributed by atoms with Crippen LogP contribution in [0.3, 0.4) is 0 Å². The Kier molecular flexibility index (Phi) is 9.85. The summed E-state index contributed by atoms with van der Waals surface area (Å²) in [5, 5.41) is 0. The van der Waals surface area contributed by atoms with Gasteiger partial charge in [0, 0.05) is 32.8 Å². The van der Waals surface area contributed by atoms with E-state index in [1.807, 2.05) is 6.92 Å². The van der Waals surface area contributed by atoms with Gasteiger partial charge in [-0.2, -0.15) is 0 Å². The van der Waals surface area contributed by atoms with Crippen LogP contribution in [0, 0.1) is 12.8 Å². The van der Waals surface area contributed by atoms with E-state index in [0.29, 0.717) is 44.6 Å². The lowest BCUT2D eigenvalue weighted by Crippen LogP contribution is -2.52. The average molecular weight is 429 g/mol. The molecule has 1 atom stereocenters. The van der Waals surface area contributed by atoms with Crippen molar-refractivity contribution in [2.45, 2.75) is 44.6 Å². The average Bonchev–Trinajstić information content (AvgIpc) is 2.73. The van der Waals surface area contributed by atoms with Crippen molar-refractivity contribution in [3.63, 3.8) is 0 Å². The Labute approximate surface area is 175 Å². The Morgan fingerprint density at radius 3 is 2.45 bits per heavy atom. The topological polar surface area (TPSA) is 77.1 Å². The van der Waals surface area contributed by atoms with Crippen molar-refractivity contribution >= 4 is 10.0 Å². The molecular weight excluding hydrogens is 392 g/mol. The Morgan fingerprint density at radius 1 is 1.17 bits per heavy atom. The van der Waals surface area contributed by atoms with Crippen LogP contribution in [0.5, 0.6) is 5.75 Å². The molecule has 1 aliphatic heterocycles. The molecule has 29 heavy (non-hydrogen) atoms. The van der Waals surface area contributed by atoms with E-state index in [1.54, 1.807) is 25.3 Å². The van der Waals surface area contributed by atoms with Gasteiger partial charge in [0.05, 0.1) is 24.7 Å². The molecule has 0 bridgehead atoms. The molecule has 1 aromatic rings. The molecule has 1 N–H and O–H groups in total. The van der Waals surface area contributed by atoms with Gasteiger partial charge in [-0.15, -0.1) is 0 Å². The van der Waals surface area contributed by atoms with Gasteiger partial charge in [-0.25, -0.2) is 13.1 Å². The van der Waals surface area contributed by atoms with Crippen LogP contribution in [-0.4, -0.2) is 72.5 Å². The van der Waals surface area contributed by atoms with Crippen LogP contribution in [0.4, 0.5) is 0 Å². The molecule has 2 rings (SSSR count). The van der Waals surface area contributed by atoms with Gasteiger partial charge in [0.2, 0.25) is 10.0 Å². The summed E-state index contributed by atoms with van der Waals surface area (Å²) in [7, 11) is -1.98. The molecule has 0 amide bonds. The number of hydrogen-bond acceptors (Lipinski definition) is 6. The van der Waals surface area contributed by atoms with Gasteiger partial charge in [0.25, 0.3) is 0 Å².